The van der Waals surface area contributed by atoms with Crippen molar-refractivity contribution in [3.8, 4) is 0 Å². The van der Waals surface area contributed by atoms with E-state index in [9.17, 15) is 24.3 Å². The number of thioether (sulfide) groups is 1. The van der Waals surface area contributed by atoms with E-state index >= 15 is 0 Å². The molecule has 0 aliphatic heterocycles. The summed E-state index contributed by atoms with van der Waals surface area (Å²) in [5, 5.41) is 17.5. The van der Waals surface area contributed by atoms with Crippen molar-refractivity contribution in [1.82, 2.24) is 25.9 Å². The molecule has 38 heavy (non-hydrogen) atoms. The second kappa shape index (κ2) is 15.8. The molecule has 1 heterocycles. The molecular weight excluding hydrogens is 508 g/mol. The van der Waals surface area contributed by atoms with Crippen LogP contribution in [0.2, 0.25) is 0 Å². The Morgan fingerprint density at radius 2 is 1.61 bits per heavy atom. The van der Waals surface area contributed by atoms with Crippen LogP contribution in [0.5, 0.6) is 0 Å². The molecule has 0 spiro atoms. The molecule has 12 heteroatoms. The predicted octanol–water partition coefficient (Wildman–Crippen LogP) is 0.860. The zero-order valence-corrected chi connectivity index (χ0v) is 22.8. The maximum atomic E-state index is 13.3. The van der Waals surface area contributed by atoms with E-state index < -0.39 is 47.9 Å². The number of carbonyl (C=O) groups is 4. The Labute approximate surface area is 227 Å². The fourth-order valence-electron chi connectivity index (χ4n) is 3.81. The smallest absolute Gasteiger partial charge is 0.326 e. The van der Waals surface area contributed by atoms with E-state index in [1.54, 1.807) is 0 Å². The summed E-state index contributed by atoms with van der Waals surface area (Å²) in [7, 11) is 0. The molecular formula is C26H38N6O5S. The van der Waals surface area contributed by atoms with Crippen LogP contribution in [0.15, 0.2) is 42.9 Å². The number of nitrogens with two attached hydrogens (primary N) is 1. The number of carbonyl (C=O) groups excluding carboxylic acids is 3. The Morgan fingerprint density at radius 3 is 2.18 bits per heavy atom. The molecule has 1 aromatic carbocycles. The number of carboxylic acids is 1. The van der Waals surface area contributed by atoms with Crippen molar-refractivity contribution >= 4 is 35.5 Å². The fourth-order valence-corrected chi connectivity index (χ4v) is 4.28. The van der Waals surface area contributed by atoms with Gasteiger partial charge >= 0.3 is 5.97 Å². The number of aromatic nitrogens is 2. The van der Waals surface area contributed by atoms with Crippen molar-refractivity contribution in [2.45, 2.75) is 63.7 Å². The second-order valence-corrected chi connectivity index (χ2v) is 10.5. The van der Waals surface area contributed by atoms with E-state index in [-0.39, 0.29) is 18.8 Å². The predicted molar refractivity (Wildman–Crippen MR) is 146 cm³/mol. The highest BCUT2D eigenvalue weighted by atomic mass is 32.2. The minimum Gasteiger partial charge on any atom is -0.480 e. The van der Waals surface area contributed by atoms with Gasteiger partial charge in [0.25, 0.3) is 0 Å². The standard InChI is InChI=1S/C26H38N6O5S/c1-16(2)11-21(31-23(33)19(27)12-17-7-5-4-6-8-17)24(34)32-22(13-18-14-28-15-29-18)25(35)30-20(26(36)37)9-10-38-3/h4-8,14-16,19-22H,9-13,27H2,1-3H3,(H,28,29)(H,30,35)(H,31,33)(H,32,34)(H,36,37). The minimum absolute atomic E-state index is 0.0548. The highest BCUT2D eigenvalue weighted by molar-refractivity contribution is 7.98. The van der Waals surface area contributed by atoms with E-state index in [0.717, 1.165) is 5.56 Å². The first-order valence-electron chi connectivity index (χ1n) is 12.5. The number of carboxylic acid groups (broad SMARTS) is 1. The minimum atomic E-state index is -1.16. The van der Waals surface area contributed by atoms with E-state index in [2.05, 4.69) is 25.9 Å². The van der Waals surface area contributed by atoms with Crippen molar-refractivity contribution in [2.75, 3.05) is 12.0 Å². The second-order valence-electron chi connectivity index (χ2n) is 9.51. The number of H-pyrrole nitrogens is 1. The van der Waals surface area contributed by atoms with Crippen LogP contribution in [0.3, 0.4) is 0 Å². The monoisotopic (exact) mass is 546 g/mol. The van der Waals surface area contributed by atoms with Crippen LogP contribution in [-0.2, 0) is 32.0 Å². The number of nitrogens with one attached hydrogen (secondary N) is 4. The van der Waals surface area contributed by atoms with Gasteiger partial charge in [-0.3, -0.25) is 14.4 Å². The van der Waals surface area contributed by atoms with Gasteiger partial charge in [0.05, 0.1) is 12.4 Å². The molecule has 0 bridgehead atoms. The summed E-state index contributed by atoms with van der Waals surface area (Å²) in [5.41, 5.74) is 7.59. The molecule has 0 aliphatic carbocycles. The van der Waals surface area contributed by atoms with Crippen LogP contribution < -0.4 is 21.7 Å². The Balaban J connectivity index is 2.15. The van der Waals surface area contributed by atoms with Gasteiger partial charge in [-0.2, -0.15) is 11.8 Å². The number of rotatable bonds is 16. The Morgan fingerprint density at radius 1 is 0.974 bits per heavy atom. The largest absolute Gasteiger partial charge is 0.480 e. The van der Waals surface area contributed by atoms with Crippen LogP contribution >= 0.6 is 11.8 Å². The molecule has 0 radical (unpaired) electrons. The lowest BCUT2D eigenvalue weighted by atomic mass is 10.0. The Kier molecular flexibility index (Phi) is 12.8. The van der Waals surface area contributed by atoms with Crippen LogP contribution in [0.25, 0.3) is 0 Å². The van der Waals surface area contributed by atoms with Crippen LogP contribution in [0.1, 0.15) is 37.9 Å². The van der Waals surface area contributed by atoms with Gasteiger partial charge in [0.15, 0.2) is 0 Å². The van der Waals surface area contributed by atoms with Crippen molar-refractivity contribution in [3.63, 3.8) is 0 Å². The van der Waals surface area contributed by atoms with E-state index in [1.807, 2.05) is 50.4 Å². The molecule has 2 rings (SSSR count). The van der Waals surface area contributed by atoms with Crippen LogP contribution in [0.4, 0.5) is 0 Å². The van der Waals surface area contributed by atoms with Gasteiger partial charge in [-0.15, -0.1) is 0 Å². The van der Waals surface area contributed by atoms with Gasteiger partial charge in [0.2, 0.25) is 17.7 Å². The zero-order chi connectivity index (χ0) is 28.1. The van der Waals surface area contributed by atoms with Gasteiger partial charge in [0.1, 0.15) is 18.1 Å². The highest BCUT2D eigenvalue weighted by Gasteiger charge is 2.31. The molecule has 0 fully saturated rings. The maximum Gasteiger partial charge on any atom is 0.326 e. The molecule has 4 unspecified atom stereocenters. The van der Waals surface area contributed by atoms with Crippen LogP contribution in [0, 0.1) is 5.92 Å². The SMILES string of the molecule is CSCCC(NC(=O)C(Cc1cnc[nH]1)NC(=O)C(CC(C)C)NC(=O)C(N)Cc1ccccc1)C(=O)O. The van der Waals surface area contributed by atoms with Crippen molar-refractivity contribution in [3.05, 3.63) is 54.1 Å². The number of nitrogens with zero attached hydrogens (tertiary/aromatic N) is 1. The van der Waals surface area contributed by atoms with E-state index in [0.29, 0.717) is 24.3 Å². The third-order valence-electron chi connectivity index (χ3n) is 5.81. The lowest BCUT2D eigenvalue weighted by molar-refractivity contribution is -0.142. The summed E-state index contributed by atoms with van der Waals surface area (Å²) in [6.07, 6.45) is 5.72. The number of aliphatic carboxylic acids is 1. The molecule has 7 N–H and O–H groups in total. The lowest BCUT2D eigenvalue weighted by Gasteiger charge is -2.26. The molecule has 0 saturated heterocycles. The van der Waals surface area contributed by atoms with Crippen molar-refractivity contribution < 1.29 is 24.3 Å². The average Bonchev–Trinajstić information content (AvgIpc) is 3.38. The highest BCUT2D eigenvalue weighted by Crippen LogP contribution is 2.09. The molecule has 1 aromatic heterocycles. The number of amides is 3. The molecule has 2 aromatic rings. The van der Waals surface area contributed by atoms with Gasteiger partial charge < -0.3 is 31.8 Å². The summed E-state index contributed by atoms with van der Waals surface area (Å²) in [6.45, 7) is 3.82. The molecule has 0 saturated carbocycles. The number of hydrogen-bond donors (Lipinski definition) is 6. The first kappa shape index (κ1) is 30.8. The first-order chi connectivity index (χ1) is 18.1. The maximum absolute atomic E-state index is 13.3. The van der Waals surface area contributed by atoms with E-state index in [4.69, 9.17) is 5.73 Å². The number of benzene rings is 1. The number of aromatic amines is 1. The summed E-state index contributed by atoms with van der Waals surface area (Å²) in [5.74, 6) is -2.24. The lowest BCUT2D eigenvalue weighted by Crippen LogP contribution is -2.58. The summed E-state index contributed by atoms with van der Waals surface area (Å²) >= 11 is 1.47. The van der Waals surface area contributed by atoms with Crippen LogP contribution in [-0.4, -0.2) is 74.9 Å². The molecule has 11 nitrogen and oxygen atoms in total. The zero-order valence-electron chi connectivity index (χ0n) is 22.0. The van der Waals surface area contributed by atoms with Gasteiger partial charge in [-0.25, -0.2) is 9.78 Å². The average molecular weight is 547 g/mol. The third kappa shape index (κ3) is 10.5. The topological polar surface area (TPSA) is 179 Å². The Hall–Kier alpha value is -3.38. The molecule has 0 aliphatic rings. The van der Waals surface area contributed by atoms with Gasteiger partial charge in [-0.1, -0.05) is 44.2 Å². The quantitative estimate of drug-likeness (QED) is 0.179. The summed E-state index contributed by atoms with van der Waals surface area (Å²) in [6, 6.07) is 5.33. The van der Waals surface area contributed by atoms with E-state index in [1.165, 1.54) is 24.3 Å². The molecule has 4 atom stereocenters. The fraction of sp³-hybridized carbons (Fsp3) is 0.500. The first-order valence-corrected chi connectivity index (χ1v) is 13.9. The number of hydrogen-bond acceptors (Lipinski definition) is 7. The van der Waals surface area contributed by atoms with Crippen molar-refractivity contribution in [1.29, 1.82) is 0 Å². The van der Waals surface area contributed by atoms with Gasteiger partial charge in [-0.05, 0) is 42.8 Å². The van der Waals surface area contributed by atoms with Crippen molar-refractivity contribution in [2.24, 2.45) is 11.7 Å². The molecule has 3 amide bonds. The normalized spacial score (nSPS) is 14.2. The summed E-state index contributed by atoms with van der Waals surface area (Å²) in [4.78, 5) is 57.8. The summed E-state index contributed by atoms with van der Waals surface area (Å²) < 4.78 is 0. The van der Waals surface area contributed by atoms with Gasteiger partial charge in [0, 0.05) is 18.3 Å². The number of imidazole rings is 1. The Bertz CT molecular complexity index is 1030. The third-order valence-corrected chi connectivity index (χ3v) is 6.46. The molecule has 208 valence electrons.